The van der Waals surface area contributed by atoms with Crippen molar-refractivity contribution in [2.45, 2.75) is 91.9 Å². The monoisotopic (exact) mass is 1020 g/mol. The van der Waals surface area contributed by atoms with Gasteiger partial charge < -0.3 is 18.4 Å². The molecule has 10 aromatic rings. The average molecular weight is 1020 g/mol. The molecular formula is C57H54IrN4O2-2. The predicted molar refractivity (Wildman–Crippen MR) is 260 cm³/mol. The largest absolute Gasteiger partial charge is 0.500 e. The van der Waals surface area contributed by atoms with Crippen LogP contribution in [0.15, 0.2) is 142 Å². The predicted octanol–water partition coefficient (Wildman–Crippen LogP) is 15.6. The van der Waals surface area contributed by atoms with Gasteiger partial charge >= 0.3 is 0 Å². The summed E-state index contributed by atoms with van der Waals surface area (Å²) in [5.41, 5.74) is 15.4. The van der Waals surface area contributed by atoms with Crippen molar-refractivity contribution in [1.29, 1.82) is 0 Å². The topological polar surface area (TPSA) is 69.9 Å². The molecule has 10 rings (SSSR count). The van der Waals surface area contributed by atoms with Crippen molar-refractivity contribution < 1.29 is 28.9 Å². The molecule has 0 amide bonds. The summed E-state index contributed by atoms with van der Waals surface area (Å²) in [6, 6.07) is 50.8. The Kier molecular flexibility index (Phi) is 12.1. The van der Waals surface area contributed by atoms with Gasteiger partial charge in [0.1, 0.15) is 11.1 Å². The zero-order valence-electron chi connectivity index (χ0n) is 38.3. The van der Waals surface area contributed by atoms with Gasteiger partial charge in [0.25, 0.3) is 0 Å². The normalized spacial score (nSPS) is 12.1. The Balaban J connectivity index is 0.000000279. The molecule has 1 radical (unpaired) electrons. The molecule has 6 aromatic carbocycles. The molecule has 0 aliphatic heterocycles. The van der Waals surface area contributed by atoms with Gasteiger partial charge in [0.05, 0.1) is 22.4 Å². The summed E-state index contributed by atoms with van der Waals surface area (Å²) in [6.07, 6.45) is 1.87. The van der Waals surface area contributed by atoms with Gasteiger partial charge in [0.2, 0.25) is 5.89 Å². The number of benzene rings is 6. The van der Waals surface area contributed by atoms with E-state index < -0.39 is 0 Å². The molecule has 325 valence electrons. The summed E-state index contributed by atoms with van der Waals surface area (Å²) in [7, 11) is 0. The first-order valence-electron chi connectivity index (χ1n) is 22.0. The number of furan rings is 1. The second-order valence-corrected chi connectivity index (χ2v) is 19.2. The Morgan fingerprint density at radius 1 is 0.594 bits per heavy atom. The van der Waals surface area contributed by atoms with Gasteiger partial charge in [-0.3, -0.25) is 4.98 Å². The maximum atomic E-state index is 6.69. The van der Waals surface area contributed by atoms with E-state index in [0.29, 0.717) is 5.89 Å². The first-order chi connectivity index (χ1) is 30.2. The van der Waals surface area contributed by atoms with Crippen LogP contribution in [0, 0.1) is 12.1 Å². The van der Waals surface area contributed by atoms with E-state index in [-0.39, 0.29) is 42.8 Å². The van der Waals surface area contributed by atoms with Crippen molar-refractivity contribution in [3.8, 4) is 39.5 Å². The second-order valence-electron chi connectivity index (χ2n) is 19.2. The Labute approximate surface area is 390 Å². The second kappa shape index (κ2) is 17.4. The van der Waals surface area contributed by atoms with Crippen molar-refractivity contribution in [3.05, 3.63) is 168 Å². The minimum Gasteiger partial charge on any atom is -0.500 e. The van der Waals surface area contributed by atoms with Gasteiger partial charge in [-0.05, 0) is 87.2 Å². The molecule has 0 aliphatic rings. The summed E-state index contributed by atoms with van der Waals surface area (Å²) in [6.45, 7) is 22.0. The van der Waals surface area contributed by atoms with Crippen LogP contribution in [0.4, 0.5) is 0 Å². The SMILES string of the molecule is CC(C)(C)c1ccnc(-c2[c-]cccc2)c1.CC(C)c1cc(-c2ccccc2)cc(C(C)C)c1-n1c(-c2[c-]ccc3c2oc2cc4nc(C(C)(C)C)oc4cc23)nc2ccccc21.[Ir]. The molecule has 0 saturated heterocycles. The molecule has 0 unspecified atom stereocenters. The third-order valence-corrected chi connectivity index (χ3v) is 11.7. The molecule has 0 bridgehead atoms. The molecule has 0 N–H and O–H groups in total. The van der Waals surface area contributed by atoms with Gasteiger partial charge in [-0.25, -0.2) is 4.98 Å². The summed E-state index contributed by atoms with van der Waals surface area (Å²) >= 11 is 0. The number of aromatic nitrogens is 4. The van der Waals surface area contributed by atoms with Crippen molar-refractivity contribution in [2.24, 2.45) is 0 Å². The summed E-state index contributed by atoms with van der Waals surface area (Å²) in [5.74, 6) is 2.07. The average Bonchev–Trinajstić information content (AvgIpc) is 3.99. The van der Waals surface area contributed by atoms with Crippen molar-refractivity contribution in [2.75, 3.05) is 0 Å². The minimum atomic E-state index is -0.188. The van der Waals surface area contributed by atoms with Crippen LogP contribution in [-0.2, 0) is 30.9 Å². The van der Waals surface area contributed by atoms with Crippen LogP contribution < -0.4 is 0 Å². The quantitative estimate of drug-likeness (QED) is 0.155. The van der Waals surface area contributed by atoms with E-state index in [9.17, 15) is 0 Å². The molecule has 4 aromatic heterocycles. The maximum absolute atomic E-state index is 6.69. The summed E-state index contributed by atoms with van der Waals surface area (Å²) < 4.78 is 15.3. The summed E-state index contributed by atoms with van der Waals surface area (Å²) in [4.78, 5) is 14.5. The van der Waals surface area contributed by atoms with Crippen LogP contribution in [0.1, 0.15) is 104 Å². The number of oxazole rings is 1. The number of imidazole rings is 1. The molecule has 7 heteroatoms. The van der Waals surface area contributed by atoms with Gasteiger partial charge in [-0.1, -0.05) is 129 Å². The molecule has 4 heterocycles. The fraction of sp³-hybridized carbons (Fsp3) is 0.246. The van der Waals surface area contributed by atoms with E-state index in [2.05, 4.69) is 176 Å². The van der Waals surface area contributed by atoms with E-state index in [0.717, 1.165) is 66.7 Å². The number of fused-ring (bicyclic) bond motifs is 5. The van der Waals surface area contributed by atoms with Crippen molar-refractivity contribution in [3.63, 3.8) is 0 Å². The zero-order chi connectivity index (χ0) is 44.2. The number of nitrogens with zero attached hydrogens (tertiary/aromatic N) is 4. The van der Waals surface area contributed by atoms with Crippen LogP contribution in [0.2, 0.25) is 0 Å². The van der Waals surface area contributed by atoms with Crippen LogP contribution >= 0.6 is 0 Å². The zero-order valence-corrected chi connectivity index (χ0v) is 40.7. The van der Waals surface area contributed by atoms with E-state index >= 15 is 0 Å². The third kappa shape index (κ3) is 8.47. The Morgan fingerprint density at radius 3 is 1.97 bits per heavy atom. The maximum Gasteiger partial charge on any atom is 0.200 e. The smallest absolute Gasteiger partial charge is 0.200 e. The molecule has 0 aliphatic carbocycles. The van der Waals surface area contributed by atoms with Crippen LogP contribution in [0.25, 0.3) is 83.5 Å². The molecule has 0 spiro atoms. The van der Waals surface area contributed by atoms with Gasteiger partial charge in [-0.15, -0.1) is 54.1 Å². The van der Waals surface area contributed by atoms with Gasteiger partial charge in [-0.2, -0.15) is 0 Å². The number of hydrogen-bond donors (Lipinski definition) is 0. The standard InChI is InChI=1S/C42H38N3O2.C15H16N.Ir/c1-24(2)30-20-27(26-14-9-8-10-15-26)21-31(25(3)4)38(30)45-35-19-12-11-18-33(35)43-40(45)29-17-13-16-28-32-22-37-34(23-36(32)46-39(28)29)44-41(47-37)42(5,6)7;1-15(2,3)13-9-10-16-14(11-13)12-7-5-4-6-8-12;/h8-16,18-25H,1-7H3;4-7,9-11H,1-3H3;/q2*-1;. The third-order valence-electron chi connectivity index (χ3n) is 11.7. The van der Waals surface area contributed by atoms with Crippen LogP contribution in [0.3, 0.4) is 0 Å². The molecule has 0 atom stereocenters. The molecule has 0 fully saturated rings. The van der Waals surface area contributed by atoms with Gasteiger partial charge in [0, 0.05) is 48.9 Å². The number of rotatable bonds is 6. The molecule has 6 nitrogen and oxygen atoms in total. The molecular weight excluding hydrogens is 965 g/mol. The van der Waals surface area contributed by atoms with Crippen molar-refractivity contribution in [1.82, 2.24) is 19.5 Å². The van der Waals surface area contributed by atoms with Gasteiger partial charge in [0.15, 0.2) is 5.58 Å². The fourth-order valence-corrected chi connectivity index (χ4v) is 8.28. The first kappa shape index (κ1) is 44.5. The molecule has 64 heavy (non-hydrogen) atoms. The van der Waals surface area contributed by atoms with Crippen LogP contribution in [0.5, 0.6) is 0 Å². The van der Waals surface area contributed by atoms with Crippen molar-refractivity contribution >= 4 is 44.1 Å². The number of hydrogen-bond acceptors (Lipinski definition) is 5. The fourth-order valence-electron chi connectivity index (χ4n) is 8.28. The van der Waals surface area contributed by atoms with Crippen LogP contribution in [-0.4, -0.2) is 19.5 Å². The molecule has 0 saturated carbocycles. The summed E-state index contributed by atoms with van der Waals surface area (Å²) in [5, 5.41) is 1.98. The van der Waals surface area contributed by atoms with E-state index in [1.54, 1.807) is 0 Å². The van der Waals surface area contributed by atoms with E-state index in [4.69, 9.17) is 18.8 Å². The minimum absolute atomic E-state index is 0. The Morgan fingerprint density at radius 2 is 1.30 bits per heavy atom. The van der Waals surface area contributed by atoms with E-state index in [1.165, 1.54) is 33.5 Å². The Hall–Kier alpha value is -6.14. The number of pyridine rings is 1. The first-order valence-corrected chi connectivity index (χ1v) is 22.0. The Bertz CT molecular complexity index is 3220. The van der Waals surface area contributed by atoms with E-state index in [1.807, 2.05) is 48.7 Å². The number of para-hydroxylation sites is 2.